The fourth-order valence-corrected chi connectivity index (χ4v) is 6.60. The molecule has 0 unspecified atom stereocenters. The molecule has 0 bridgehead atoms. The summed E-state index contributed by atoms with van der Waals surface area (Å²) in [6.07, 6.45) is 0. The molecule has 3 heterocycles. The highest BCUT2D eigenvalue weighted by Gasteiger charge is 2.49. The zero-order chi connectivity index (χ0) is 18.7. The highest BCUT2D eigenvalue weighted by molar-refractivity contribution is 7.99. The average Bonchev–Trinajstić information content (AvgIpc) is 3.02. The number of nitrogens with one attached hydrogen (secondary N) is 1. The second kappa shape index (κ2) is 6.41. The van der Waals surface area contributed by atoms with Crippen LogP contribution in [0.5, 0.6) is 5.75 Å². The number of benzene rings is 2. The van der Waals surface area contributed by atoms with Crippen LogP contribution in [0.2, 0.25) is 10.0 Å². The molecule has 5 rings (SSSR count). The van der Waals surface area contributed by atoms with Crippen molar-refractivity contribution in [3.8, 4) is 5.75 Å². The number of hydrogen-bond acceptors (Lipinski definition) is 5. The quantitative estimate of drug-likeness (QED) is 0.418. The number of esters is 1. The Bertz CT molecular complexity index is 1120. The Balaban J connectivity index is 1.74. The number of aromatic amines is 1. The summed E-state index contributed by atoms with van der Waals surface area (Å²) in [4.78, 5) is 28.7. The van der Waals surface area contributed by atoms with E-state index < -0.39 is 5.92 Å². The van der Waals surface area contributed by atoms with Gasteiger partial charge >= 0.3 is 10.8 Å². The zero-order valence-corrected chi connectivity index (χ0v) is 16.7. The molecular weight excluding hydrogens is 425 g/mol. The molecule has 0 amide bonds. The number of thioether (sulfide) groups is 1. The van der Waals surface area contributed by atoms with Crippen molar-refractivity contribution in [2.24, 2.45) is 5.92 Å². The van der Waals surface area contributed by atoms with Crippen LogP contribution in [-0.2, 0) is 4.79 Å². The molecule has 1 aromatic heterocycles. The maximum absolute atomic E-state index is 13.0. The van der Waals surface area contributed by atoms with E-state index in [-0.39, 0.29) is 22.0 Å². The molecule has 136 valence electrons. The molecule has 4 nitrogen and oxygen atoms in total. The third-order valence-electron chi connectivity index (χ3n) is 4.84. The van der Waals surface area contributed by atoms with Crippen LogP contribution < -0.4 is 9.61 Å². The van der Waals surface area contributed by atoms with Gasteiger partial charge in [0, 0.05) is 26.4 Å². The molecule has 3 aromatic rings. The van der Waals surface area contributed by atoms with Gasteiger partial charge in [-0.3, -0.25) is 9.59 Å². The molecule has 0 saturated carbocycles. The molecule has 0 fully saturated rings. The molecule has 2 aromatic carbocycles. The Morgan fingerprint density at radius 1 is 1.00 bits per heavy atom. The average molecular weight is 436 g/mol. The minimum atomic E-state index is -0.457. The van der Waals surface area contributed by atoms with Crippen molar-refractivity contribution in [2.45, 2.75) is 16.2 Å². The highest BCUT2D eigenvalue weighted by atomic mass is 35.5. The van der Waals surface area contributed by atoms with Crippen molar-refractivity contribution < 1.29 is 9.53 Å². The van der Waals surface area contributed by atoms with Gasteiger partial charge in [-0.1, -0.05) is 58.4 Å². The molecule has 3 atom stereocenters. The van der Waals surface area contributed by atoms with Gasteiger partial charge in [0.25, 0.3) is 0 Å². The third-order valence-corrected chi connectivity index (χ3v) is 7.80. The third kappa shape index (κ3) is 2.83. The molecule has 2 aliphatic heterocycles. The number of halogens is 2. The number of ether oxygens (including phenoxy) is 1. The molecule has 0 aliphatic carbocycles. The monoisotopic (exact) mass is 435 g/mol. The number of aromatic nitrogens is 1. The lowest BCUT2D eigenvalue weighted by Gasteiger charge is -2.39. The number of H-pyrrole nitrogens is 1. The summed E-state index contributed by atoms with van der Waals surface area (Å²) in [5.74, 6) is -0.533. The maximum atomic E-state index is 13.0. The molecule has 1 N–H and O–H groups in total. The Morgan fingerprint density at radius 3 is 2.52 bits per heavy atom. The second-order valence-electron chi connectivity index (χ2n) is 6.40. The Kier molecular flexibility index (Phi) is 4.13. The summed E-state index contributed by atoms with van der Waals surface area (Å²) in [5.41, 5.74) is 1.79. The van der Waals surface area contributed by atoms with E-state index in [9.17, 15) is 9.59 Å². The van der Waals surface area contributed by atoms with Crippen LogP contribution in [0.15, 0.2) is 52.3 Å². The van der Waals surface area contributed by atoms with E-state index in [0.29, 0.717) is 15.8 Å². The topological polar surface area (TPSA) is 59.2 Å². The van der Waals surface area contributed by atoms with Crippen molar-refractivity contribution in [3.05, 3.63) is 78.2 Å². The van der Waals surface area contributed by atoms with Crippen molar-refractivity contribution in [1.29, 1.82) is 0 Å². The number of thiazole rings is 1. The fourth-order valence-electron chi connectivity index (χ4n) is 3.71. The summed E-state index contributed by atoms with van der Waals surface area (Å²) in [5, 5.41) is 1.79. The van der Waals surface area contributed by atoms with E-state index in [1.807, 2.05) is 18.2 Å². The first-order valence-electron chi connectivity index (χ1n) is 8.17. The van der Waals surface area contributed by atoms with Gasteiger partial charge in [0.05, 0.1) is 16.2 Å². The standard InChI is InChI=1S/C19H11Cl2NO3S2/c20-9-3-1-8(2-4-9)15-14-13(16-17(26-15)22-19(24)27-16)11-7-10(21)5-6-12(11)25-18(14)23/h1-7,13-15H,(H,22,24)/t13-,14-,15+/m0/s1. The van der Waals surface area contributed by atoms with E-state index in [1.54, 1.807) is 24.3 Å². The van der Waals surface area contributed by atoms with Gasteiger partial charge < -0.3 is 9.72 Å². The zero-order valence-electron chi connectivity index (χ0n) is 13.6. The minimum absolute atomic E-state index is 0.134. The van der Waals surface area contributed by atoms with Gasteiger partial charge in [-0.25, -0.2) is 0 Å². The van der Waals surface area contributed by atoms with Gasteiger partial charge in [0.15, 0.2) is 0 Å². The number of hydrogen-bond donors (Lipinski definition) is 1. The number of rotatable bonds is 1. The minimum Gasteiger partial charge on any atom is -0.426 e. The van der Waals surface area contributed by atoms with Crippen molar-refractivity contribution in [3.63, 3.8) is 0 Å². The molecular formula is C19H11Cl2NO3S2. The van der Waals surface area contributed by atoms with Crippen molar-refractivity contribution in [1.82, 2.24) is 4.98 Å². The number of carbonyl (C=O) groups excluding carboxylic acids is 1. The molecule has 27 heavy (non-hydrogen) atoms. The Hall–Kier alpha value is -1.73. The summed E-state index contributed by atoms with van der Waals surface area (Å²) in [6.45, 7) is 0. The smallest absolute Gasteiger partial charge is 0.316 e. The molecule has 0 radical (unpaired) electrons. The fraction of sp³-hybridized carbons (Fsp3) is 0.158. The van der Waals surface area contributed by atoms with Crippen LogP contribution in [0.25, 0.3) is 0 Å². The summed E-state index contributed by atoms with van der Waals surface area (Å²) in [6, 6.07) is 12.7. The van der Waals surface area contributed by atoms with Crippen LogP contribution in [0, 0.1) is 5.92 Å². The first kappa shape index (κ1) is 17.4. The SMILES string of the molecule is O=C1Oc2ccc(Cl)cc2[C@@H]2c3sc(=O)[nH]c3S[C@H](c3ccc(Cl)cc3)[C@@H]12. The van der Waals surface area contributed by atoms with Crippen LogP contribution in [0.4, 0.5) is 0 Å². The van der Waals surface area contributed by atoms with Gasteiger partial charge in [-0.2, -0.15) is 0 Å². The molecule has 8 heteroatoms. The van der Waals surface area contributed by atoms with Crippen LogP contribution in [0.1, 0.15) is 27.2 Å². The molecule has 0 saturated heterocycles. The first-order valence-corrected chi connectivity index (χ1v) is 10.6. The summed E-state index contributed by atoms with van der Waals surface area (Å²) < 4.78 is 5.63. The van der Waals surface area contributed by atoms with Gasteiger partial charge in [0.1, 0.15) is 5.75 Å². The van der Waals surface area contributed by atoms with Crippen molar-refractivity contribution >= 4 is 52.3 Å². The second-order valence-corrected chi connectivity index (χ2v) is 9.44. The first-order chi connectivity index (χ1) is 13.0. The largest absolute Gasteiger partial charge is 0.426 e. The van der Waals surface area contributed by atoms with Gasteiger partial charge in [-0.15, -0.1) is 0 Å². The van der Waals surface area contributed by atoms with E-state index in [1.165, 1.54) is 11.8 Å². The van der Waals surface area contributed by atoms with E-state index >= 15 is 0 Å². The van der Waals surface area contributed by atoms with E-state index in [2.05, 4.69) is 4.98 Å². The van der Waals surface area contributed by atoms with Crippen molar-refractivity contribution in [2.75, 3.05) is 0 Å². The Labute approximate surface area is 172 Å². The normalized spacial score (nSPS) is 23.2. The van der Waals surface area contributed by atoms with Crippen LogP contribution >= 0.6 is 46.3 Å². The summed E-state index contributed by atoms with van der Waals surface area (Å²) in [7, 11) is 0. The predicted molar refractivity (Wildman–Crippen MR) is 107 cm³/mol. The van der Waals surface area contributed by atoms with E-state index in [0.717, 1.165) is 32.4 Å². The predicted octanol–water partition coefficient (Wildman–Crippen LogP) is 5.26. The summed E-state index contributed by atoms with van der Waals surface area (Å²) >= 11 is 14.9. The lowest BCUT2D eigenvalue weighted by molar-refractivity contribution is -0.140. The highest BCUT2D eigenvalue weighted by Crippen LogP contribution is 2.58. The van der Waals surface area contributed by atoms with Crippen LogP contribution in [-0.4, -0.2) is 11.0 Å². The van der Waals surface area contributed by atoms with Gasteiger partial charge in [-0.05, 0) is 35.9 Å². The van der Waals surface area contributed by atoms with E-state index in [4.69, 9.17) is 27.9 Å². The number of carbonyl (C=O) groups is 1. The molecule has 2 aliphatic rings. The van der Waals surface area contributed by atoms with Gasteiger partial charge in [0.2, 0.25) is 0 Å². The maximum Gasteiger partial charge on any atom is 0.316 e. The molecule has 0 spiro atoms. The number of fused-ring (bicyclic) bond motifs is 5. The lowest BCUT2D eigenvalue weighted by Crippen LogP contribution is -2.37. The van der Waals surface area contributed by atoms with Crippen LogP contribution in [0.3, 0.4) is 0 Å². The Morgan fingerprint density at radius 2 is 1.74 bits per heavy atom. The lowest BCUT2D eigenvalue weighted by atomic mass is 9.78.